The zero-order valence-corrected chi connectivity index (χ0v) is 5.05. The summed E-state index contributed by atoms with van der Waals surface area (Å²) in [5.41, 5.74) is 0. The molecule has 0 radical (unpaired) electrons. The van der Waals surface area contributed by atoms with E-state index in [1.165, 1.54) is 0 Å². The third kappa shape index (κ3) is 2.55. The molecule has 0 amide bonds. The van der Waals surface area contributed by atoms with E-state index >= 15 is 0 Å². The minimum Gasteiger partial charge on any atom is -0.228 e. The predicted octanol–water partition coefficient (Wildman–Crippen LogP) is 1.70. The summed E-state index contributed by atoms with van der Waals surface area (Å²) in [6, 6.07) is 0. The Labute approximate surface area is 54.8 Å². The van der Waals surface area contributed by atoms with Crippen molar-refractivity contribution in [2.24, 2.45) is 0 Å². The van der Waals surface area contributed by atoms with E-state index in [9.17, 15) is 0 Å². The smallest absolute Gasteiger partial charge is 0.228 e. The van der Waals surface area contributed by atoms with Crippen LogP contribution in [0.3, 0.4) is 0 Å². The minimum atomic E-state index is 0. The fraction of sp³-hybridized carbons (Fsp3) is 0.167. The molecule has 0 unspecified atom stereocenters. The van der Waals surface area contributed by atoms with Gasteiger partial charge in [0.15, 0.2) is 0 Å². The van der Waals surface area contributed by atoms with E-state index in [1.807, 2.05) is 6.08 Å². The molecular formula is C6H7Fe+. The Balaban J connectivity index is 0.000000360. The molecule has 0 aromatic rings. The van der Waals surface area contributed by atoms with Crippen LogP contribution in [0.25, 0.3) is 0 Å². The van der Waals surface area contributed by atoms with Crippen molar-refractivity contribution in [3.05, 3.63) is 30.7 Å². The third-order valence-electron chi connectivity index (χ3n) is 0.767. The van der Waals surface area contributed by atoms with Crippen molar-refractivity contribution in [2.75, 3.05) is 0 Å². The van der Waals surface area contributed by atoms with E-state index in [1.54, 1.807) is 0 Å². The standard InChI is InChI=1S/C6H7.Fe/c1-2-4-6-5-3-1;/h1-5H,6H2;/q-1;+2. The molecule has 0 N–H and O–H groups in total. The average Bonchev–Trinajstić information content (AvgIpc) is 1.72. The van der Waals surface area contributed by atoms with Gasteiger partial charge in [-0.1, -0.05) is 6.42 Å². The van der Waals surface area contributed by atoms with Crippen LogP contribution in [0.2, 0.25) is 0 Å². The molecule has 0 bridgehead atoms. The normalized spacial score (nSPS) is 14.9. The minimum absolute atomic E-state index is 0. The molecule has 7 heavy (non-hydrogen) atoms. The molecule has 1 rings (SSSR count). The molecule has 38 valence electrons. The molecule has 1 aliphatic carbocycles. The second-order valence-electron chi connectivity index (χ2n) is 1.28. The van der Waals surface area contributed by atoms with Gasteiger partial charge in [0, 0.05) is 0 Å². The molecule has 1 heteroatoms. The molecule has 0 atom stereocenters. The molecule has 0 aliphatic heterocycles. The summed E-state index contributed by atoms with van der Waals surface area (Å²) in [4.78, 5) is 0. The fourth-order valence-electron chi connectivity index (χ4n) is 0.457. The maximum atomic E-state index is 2.12. The second kappa shape index (κ2) is 4.04. The summed E-state index contributed by atoms with van der Waals surface area (Å²) < 4.78 is 0. The first-order valence-corrected chi connectivity index (χ1v) is 2.15. The van der Waals surface area contributed by atoms with Crippen LogP contribution in [-0.4, -0.2) is 0 Å². The molecule has 0 fully saturated rings. The maximum Gasteiger partial charge on any atom is 2.00 e. The molecule has 0 aromatic heterocycles. The topological polar surface area (TPSA) is 0 Å². The van der Waals surface area contributed by atoms with E-state index in [-0.39, 0.29) is 17.1 Å². The first-order chi connectivity index (χ1) is 3.00. The van der Waals surface area contributed by atoms with Crippen LogP contribution in [0, 0.1) is 6.42 Å². The number of hydrogen-bond donors (Lipinski definition) is 0. The Morgan fingerprint density at radius 1 is 1.29 bits per heavy atom. The SMILES string of the molecule is C1=C[CH-]CC=C1.[Fe+2]. The molecule has 1 aliphatic rings. The largest absolute Gasteiger partial charge is 2.00 e. The summed E-state index contributed by atoms with van der Waals surface area (Å²) in [7, 11) is 0. The first-order valence-electron chi connectivity index (χ1n) is 2.15. The van der Waals surface area contributed by atoms with Crippen molar-refractivity contribution in [3.8, 4) is 0 Å². The van der Waals surface area contributed by atoms with Gasteiger partial charge in [-0.05, 0) is 0 Å². The molecular weight excluding hydrogens is 128 g/mol. The predicted molar refractivity (Wildman–Crippen MR) is 27.2 cm³/mol. The first kappa shape index (κ1) is 6.87. The van der Waals surface area contributed by atoms with Crippen molar-refractivity contribution in [3.63, 3.8) is 0 Å². The Bertz CT molecular complexity index is 70.2. The molecule has 0 aromatic carbocycles. The zero-order chi connectivity index (χ0) is 4.24. The summed E-state index contributed by atoms with van der Waals surface area (Å²) in [5.74, 6) is 0. The van der Waals surface area contributed by atoms with Gasteiger partial charge in [0.1, 0.15) is 0 Å². The van der Waals surface area contributed by atoms with Crippen LogP contribution >= 0.6 is 0 Å². The summed E-state index contributed by atoms with van der Waals surface area (Å²) in [6.45, 7) is 0. The van der Waals surface area contributed by atoms with Crippen molar-refractivity contribution >= 4 is 0 Å². The van der Waals surface area contributed by atoms with Gasteiger partial charge in [-0.3, -0.25) is 0 Å². The van der Waals surface area contributed by atoms with Gasteiger partial charge in [-0.25, -0.2) is 18.6 Å². The number of allylic oxidation sites excluding steroid dienone is 4. The number of hydrogen-bond acceptors (Lipinski definition) is 0. The van der Waals surface area contributed by atoms with Crippen LogP contribution < -0.4 is 0 Å². The zero-order valence-electron chi connectivity index (χ0n) is 3.95. The number of rotatable bonds is 0. The maximum absolute atomic E-state index is 2.12. The van der Waals surface area contributed by atoms with Crippen LogP contribution in [-0.2, 0) is 17.1 Å². The Hall–Kier alpha value is -0.131. The fourth-order valence-corrected chi connectivity index (χ4v) is 0.457. The summed E-state index contributed by atoms with van der Waals surface area (Å²) in [5, 5.41) is 0. The molecule has 0 saturated carbocycles. The van der Waals surface area contributed by atoms with Crippen molar-refractivity contribution in [2.45, 2.75) is 6.42 Å². The molecule has 0 spiro atoms. The third-order valence-corrected chi connectivity index (χ3v) is 0.767. The van der Waals surface area contributed by atoms with Crippen molar-refractivity contribution in [1.29, 1.82) is 0 Å². The van der Waals surface area contributed by atoms with Gasteiger partial charge in [0.05, 0.1) is 0 Å². The van der Waals surface area contributed by atoms with Gasteiger partial charge < -0.3 is 0 Å². The molecule has 0 nitrogen and oxygen atoms in total. The second-order valence-corrected chi connectivity index (χ2v) is 1.28. The van der Waals surface area contributed by atoms with Crippen LogP contribution in [0.15, 0.2) is 24.3 Å². The van der Waals surface area contributed by atoms with Gasteiger partial charge in [0.25, 0.3) is 0 Å². The molecule has 0 heterocycles. The summed E-state index contributed by atoms with van der Waals surface area (Å²) in [6.07, 6.45) is 11.5. The quantitative estimate of drug-likeness (QED) is 0.350. The van der Waals surface area contributed by atoms with Gasteiger partial charge >= 0.3 is 17.1 Å². The van der Waals surface area contributed by atoms with Crippen molar-refractivity contribution in [1.82, 2.24) is 0 Å². The van der Waals surface area contributed by atoms with E-state index in [4.69, 9.17) is 0 Å². The van der Waals surface area contributed by atoms with Crippen LogP contribution in [0.4, 0.5) is 0 Å². The van der Waals surface area contributed by atoms with E-state index in [0.29, 0.717) is 0 Å². The van der Waals surface area contributed by atoms with Crippen LogP contribution in [0.1, 0.15) is 6.42 Å². The van der Waals surface area contributed by atoms with Gasteiger partial charge in [0.2, 0.25) is 0 Å². The summed E-state index contributed by atoms with van der Waals surface area (Å²) >= 11 is 0. The molecule has 0 saturated heterocycles. The van der Waals surface area contributed by atoms with Crippen LogP contribution in [0.5, 0.6) is 0 Å². The average molecular weight is 135 g/mol. The van der Waals surface area contributed by atoms with E-state index in [2.05, 4.69) is 24.6 Å². The van der Waals surface area contributed by atoms with E-state index in [0.717, 1.165) is 6.42 Å². The Morgan fingerprint density at radius 2 is 2.14 bits per heavy atom. The monoisotopic (exact) mass is 135 g/mol. The Kier molecular flexibility index (Phi) is 3.96. The van der Waals surface area contributed by atoms with Gasteiger partial charge in [-0.15, -0.1) is 12.2 Å². The van der Waals surface area contributed by atoms with Crippen molar-refractivity contribution < 1.29 is 17.1 Å². The van der Waals surface area contributed by atoms with E-state index < -0.39 is 0 Å². The Morgan fingerprint density at radius 3 is 2.29 bits per heavy atom. The van der Waals surface area contributed by atoms with Gasteiger partial charge in [-0.2, -0.15) is 0 Å².